The zero-order valence-electron chi connectivity index (χ0n) is 11.0. The molecule has 1 atom stereocenters. The van der Waals surface area contributed by atoms with Crippen LogP contribution in [0.1, 0.15) is 18.0 Å². The first kappa shape index (κ1) is 12.1. The summed E-state index contributed by atoms with van der Waals surface area (Å²) in [5, 5.41) is 3.78. The molecule has 1 saturated heterocycles. The van der Waals surface area contributed by atoms with Crippen molar-refractivity contribution >= 4 is 11.0 Å². The maximum atomic E-state index is 12.0. The predicted molar refractivity (Wildman–Crippen MR) is 72.5 cm³/mol. The molecule has 1 aliphatic rings. The van der Waals surface area contributed by atoms with Gasteiger partial charge in [0.25, 0.3) is 5.56 Å². The highest BCUT2D eigenvalue weighted by Gasteiger charge is 2.19. The molecule has 0 bridgehead atoms. The highest BCUT2D eigenvalue weighted by Crippen LogP contribution is 2.21. The van der Waals surface area contributed by atoms with Crippen molar-refractivity contribution in [3.05, 3.63) is 38.7 Å². The molecule has 2 aromatic heterocycles. The van der Waals surface area contributed by atoms with Crippen LogP contribution in [0.15, 0.2) is 21.7 Å². The molecule has 0 spiro atoms. The van der Waals surface area contributed by atoms with Crippen molar-refractivity contribution in [2.45, 2.75) is 12.3 Å². The van der Waals surface area contributed by atoms with Gasteiger partial charge in [-0.1, -0.05) is 0 Å². The number of nitrogens with one attached hydrogen (secondary N) is 1. The third-order valence-electron chi connectivity index (χ3n) is 3.80. The van der Waals surface area contributed by atoms with Crippen molar-refractivity contribution < 1.29 is 0 Å². The lowest BCUT2D eigenvalue weighted by Gasteiger charge is -2.11. The van der Waals surface area contributed by atoms with Crippen LogP contribution >= 0.6 is 0 Å². The molecule has 6 heteroatoms. The Kier molecular flexibility index (Phi) is 2.74. The Bertz CT molecular complexity index is 754. The lowest BCUT2D eigenvalue weighted by atomic mass is 10.0. The molecule has 3 heterocycles. The van der Waals surface area contributed by atoms with Crippen LogP contribution in [-0.4, -0.2) is 27.2 Å². The average Bonchev–Trinajstić information content (AvgIpc) is 2.96. The molecular formula is C13H16N4O2. The van der Waals surface area contributed by atoms with E-state index < -0.39 is 0 Å². The van der Waals surface area contributed by atoms with Crippen LogP contribution < -0.4 is 16.6 Å². The molecule has 1 fully saturated rings. The van der Waals surface area contributed by atoms with Crippen molar-refractivity contribution in [2.24, 2.45) is 14.1 Å². The molecule has 1 N–H and O–H groups in total. The number of aromatic nitrogens is 3. The van der Waals surface area contributed by atoms with Crippen molar-refractivity contribution in [1.29, 1.82) is 0 Å². The predicted octanol–water partition coefficient (Wildman–Crippen LogP) is -0.291. The fraction of sp³-hybridized carbons (Fsp3) is 0.462. The van der Waals surface area contributed by atoms with Crippen molar-refractivity contribution in [1.82, 2.24) is 19.4 Å². The Morgan fingerprint density at radius 1 is 1.26 bits per heavy atom. The van der Waals surface area contributed by atoms with Gasteiger partial charge in [-0.15, -0.1) is 0 Å². The summed E-state index contributed by atoms with van der Waals surface area (Å²) < 4.78 is 2.55. The molecule has 1 aliphatic heterocycles. The number of nitrogens with zero attached hydrogens (tertiary/aromatic N) is 3. The highest BCUT2D eigenvalue weighted by atomic mass is 16.2. The van der Waals surface area contributed by atoms with Crippen molar-refractivity contribution in [3.63, 3.8) is 0 Å². The minimum absolute atomic E-state index is 0.290. The Morgan fingerprint density at radius 3 is 2.74 bits per heavy atom. The first-order chi connectivity index (χ1) is 9.09. The molecule has 100 valence electrons. The van der Waals surface area contributed by atoms with Gasteiger partial charge in [-0.05, 0) is 25.1 Å². The summed E-state index contributed by atoms with van der Waals surface area (Å²) >= 11 is 0. The van der Waals surface area contributed by atoms with Crippen LogP contribution in [0.25, 0.3) is 11.0 Å². The quantitative estimate of drug-likeness (QED) is 0.765. The van der Waals surface area contributed by atoms with Crippen LogP contribution in [0.5, 0.6) is 0 Å². The summed E-state index contributed by atoms with van der Waals surface area (Å²) in [5.41, 5.74) is 0.784. The molecule has 2 aromatic rings. The van der Waals surface area contributed by atoms with E-state index in [0.29, 0.717) is 17.0 Å². The fourth-order valence-electron chi connectivity index (χ4n) is 2.60. The zero-order chi connectivity index (χ0) is 13.6. The maximum Gasteiger partial charge on any atom is 0.332 e. The lowest BCUT2D eigenvalue weighted by molar-refractivity contribution is 0.696. The van der Waals surface area contributed by atoms with E-state index in [1.165, 1.54) is 11.6 Å². The molecule has 19 heavy (non-hydrogen) atoms. The third-order valence-corrected chi connectivity index (χ3v) is 3.80. The fourth-order valence-corrected chi connectivity index (χ4v) is 2.60. The van der Waals surface area contributed by atoms with Crippen LogP contribution in [0, 0.1) is 0 Å². The number of rotatable bonds is 1. The second-order valence-corrected chi connectivity index (χ2v) is 5.00. The minimum Gasteiger partial charge on any atom is -0.316 e. The molecule has 0 aromatic carbocycles. The van der Waals surface area contributed by atoms with Crippen LogP contribution in [0.3, 0.4) is 0 Å². The number of pyridine rings is 1. The SMILES string of the molecule is Cn1c(=O)c2ccc([C@@H]3CCNC3)nc2n(C)c1=O. The van der Waals surface area contributed by atoms with Crippen molar-refractivity contribution in [2.75, 3.05) is 13.1 Å². The van der Waals surface area contributed by atoms with E-state index in [-0.39, 0.29) is 11.2 Å². The Hall–Kier alpha value is -1.95. The van der Waals surface area contributed by atoms with Gasteiger partial charge in [-0.3, -0.25) is 13.9 Å². The van der Waals surface area contributed by atoms with Crippen LogP contribution in [0.4, 0.5) is 0 Å². The van der Waals surface area contributed by atoms with Gasteiger partial charge in [0.2, 0.25) is 0 Å². The molecule has 0 amide bonds. The van der Waals surface area contributed by atoms with E-state index >= 15 is 0 Å². The molecule has 6 nitrogen and oxygen atoms in total. The second-order valence-electron chi connectivity index (χ2n) is 5.00. The van der Waals surface area contributed by atoms with Crippen LogP contribution in [-0.2, 0) is 14.1 Å². The standard InChI is InChI=1S/C13H16N4O2/c1-16-11-9(12(18)17(2)13(16)19)3-4-10(15-11)8-5-6-14-7-8/h3-4,8,14H,5-7H2,1-2H3/t8-/m1/s1. The van der Waals surface area contributed by atoms with E-state index in [1.54, 1.807) is 13.1 Å². The van der Waals surface area contributed by atoms with Gasteiger partial charge in [-0.25, -0.2) is 9.78 Å². The van der Waals surface area contributed by atoms with Gasteiger partial charge in [0.1, 0.15) is 5.65 Å². The first-order valence-corrected chi connectivity index (χ1v) is 6.37. The summed E-state index contributed by atoms with van der Waals surface area (Å²) in [4.78, 5) is 28.5. The lowest BCUT2D eigenvalue weighted by Crippen LogP contribution is -2.37. The van der Waals surface area contributed by atoms with Gasteiger partial charge in [-0.2, -0.15) is 0 Å². The summed E-state index contributed by atoms with van der Waals surface area (Å²) in [5.74, 6) is 0.364. The van der Waals surface area contributed by atoms with Gasteiger partial charge in [0.15, 0.2) is 0 Å². The number of aryl methyl sites for hydroxylation is 1. The monoisotopic (exact) mass is 260 g/mol. The molecule has 0 radical (unpaired) electrons. The van der Waals surface area contributed by atoms with Crippen molar-refractivity contribution in [3.8, 4) is 0 Å². The minimum atomic E-state index is -0.341. The van der Waals surface area contributed by atoms with Gasteiger partial charge < -0.3 is 5.32 Å². The molecule has 0 saturated carbocycles. The Balaban J connectivity index is 2.28. The topological polar surface area (TPSA) is 68.9 Å². The van der Waals surface area contributed by atoms with E-state index in [0.717, 1.165) is 29.8 Å². The molecule has 0 aliphatic carbocycles. The van der Waals surface area contributed by atoms with E-state index in [4.69, 9.17) is 0 Å². The zero-order valence-corrected chi connectivity index (χ0v) is 11.0. The van der Waals surface area contributed by atoms with Gasteiger partial charge in [0.05, 0.1) is 5.39 Å². The summed E-state index contributed by atoms with van der Waals surface area (Å²) in [6, 6.07) is 3.67. The van der Waals surface area contributed by atoms with Gasteiger partial charge >= 0.3 is 5.69 Å². The second kappa shape index (κ2) is 4.31. The first-order valence-electron chi connectivity index (χ1n) is 6.37. The van der Waals surface area contributed by atoms with Gasteiger partial charge in [0, 0.05) is 32.3 Å². The van der Waals surface area contributed by atoms with E-state index in [9.17, 15) is 9.59 Å². The number of hydrogen-bond donors (Lipinski definition) is 1. The maximum absolute atomic E-state index is 12.0. The Labute approximate surface area is 109 Å². The average molecular weight is 260 g/mol. The molecule has 0 unspecified atom stereocenters. The summed E-state index contributed by atoms with van der Waals surface area (Å²) in [7, 11) is 3.13. The van der Waals surface area contributed by atoms with E-state index in [2.05, 4.69) is 10.3 Å². The third kappa shape index (κ3) is 1.79. The Morgan fingerprint density at radius 2 is 2.05 bits per heavy atom. The van der Waals surface area contributed by atoms with E-state index in [1.807, 2.05) is 6.07 Å². The number of hydrogen-bond acceptors (Lipinski definition) is 4. The molecular weight excluding hydrogens is 244 g/mol. The van der Waals surface area contributed by atoms with Crippen LogP contribution in [0.2, 0.25) is 0 Å². The summed E-state index contributed by atoms with van der Waals surface area (Å²) in [6.45, 7) is 1.89. The number of fused-ring (bicyclic) bond motifs is 1. The highest BCUT2D eigenvalue weighted by molar-refractivity contribution is 5.74. The smallest absolute Gasteiger partial charge is 0.316 e. The normalized spacial score (nSPS) is 19.2. The summed E-state index contributed by atoms with van der Waals surface area (Å²) in [6.07, 6.45) is 1.04. The molecule has 3 rings (SSSR count). The largest absolute Gasteiger partial charge is 0.332 e.